The van der Waals surface area contributed by atoms with Crippen LogP contribution in [0.3, 0.4) is 0 Å². The molecule has 3 atom stereocenters. The van der Waals surface area contributed by atoms with E-state index in [1.54, 1.807) is 0 Å². The summed E-state index contributed by atoms with van der Waals surface area (Å²) in [6.45, 7) is 0. The monoisotopic (exact) mass is 660 g/mol. The second kappa shape index (κ2) is 30.1. The van der Waals surface area contributed by atoms with E-state index in [9.17, 15) is 58.5 Å². The summed E-state index contributed by atoms with van der Waals surface area (Å²) in [6.07, 6.45) is -10.3. The van der Waals surface area contributed by atoms with Gasteiger partial charge in [0.15, 0.2) is 18.3 Å². The number of aliphatic hydroxyl groups excluding tert-OH is 3. The van der Waals surface area contributed by atoms with Crippen LogP contribution in [0.2, 0.25) is 0 Å². The van der Waals surface area contributed by atoms with Crippen LogP contribution < -0.4 is 104 Å². The van der Waals surface area contributed by atoms with E-state index >= 15 is 0 Å². The van der Waals surface area contributed by atoms with Gasteiger partial charge in [-0.25, -0.2) is 14.4 Å². The Morgan fingerprint density at radius 2 is 0.674 bits per heavy atom. The summed E-state index contributed by atoms with van der Waals surface area (Å²) in [4.78, 5) is 88.2. The van der Waals surface area contributed by atoms with Crippen LogP contribution in [0.25, 0.3) is 0 Å². The maximum atomic E-state index is 10.1. The van der Waals surface area contributed by atoms with Gasteiger partial charge in [-0.05, 0) is 0 Å². The van der Waals surface area contributed by atoms with Gasteiger partial charge in [-0.3, -0.25) is 14.4 Å². The van der Waals surface area contributed by atoms with E-state index in [-0.39, 0.29) is 88.7 Å². The summed E-state index contributed by atoms with van der Waals surface area (Å²) in [5, 5.41) is 111. The number of carbonyl (C=O) groups is 9. The quantitative estimate of drug-likeness (QED) is 0.0773. The largest absolute Gasteiger partial charge is 1.00 e. The molecule has 0 aliphatic rings. The first-order valence-corrected chi connectivity index (χ1v) is 9.60. The standard InChI is InChI=1S/C6H8O7.3C4H6O5.3Na/c7-3(8)1-6(13,5(11)12)2-4(9)10;3*5-2(4(8)9)1-3(6)7;;;/h13H,1-2H2,(H,7,8)(H,9,10)(H,11,12);3*2,5H,1H2,(H,6,7)(H,8,9);;;/q;;;;3*+1/p-3. The van der Waals surface area contributed by atoms with Gasteiger partial charge in [0, 0.05) is 24.8 Å². The molecule has 0 radical (unpaired) electrons. The zero-order valence-corrected chi connectivity index (χ0v) is 28.6. The molecule has 0 aliphatic carbocycles. The molecule has 0 saturated heterocycles. The Kier molecular flexibility index (Phi) is 39.8. The molecule has 0 aromatic heterocycles. The molecule has 0 fully saturated rings. The molecule has 43 heavy (non-hydrogen) atoms. The molecule has 10 N–H and O–H groups in total. The predicted octanol–water partition coefficient (Wildman–Crippen LogP) is -17.5. The van der Waals surface area contributed by atoms with Crippen LogP contribution in [-0.2, 0) is 43.2 Å². The van der Waals surface area contributed by atoms with E-state index in [1.807, 2.05) is 0 Å². The van der Waals surface area contributed by atoms with Gasteiger partial charge in [0.25, 0.3) is 0 Å². The Balaban J connectivity index is -0.0000000796. The first-order chi connectivity index (χ1) is 17.9. The smallest absolute Gasteiger partial charge is 0.550 e. The normalized spacial score (nSPS) is 11.2. The van der Waals surface area contributed by atoms with Gasteiger partial charge < -0.3 is 80.8 Å². The van der Waals surface area contributed by atoms with E-state index in [2.05, 4.69) is 0 Å². The summed E-state index contributed by atoms with van der Waals surface area (Å²) in [5.74, 6) is -14.5. The number of carboxylic acids is 9. The van der Waals surface area contributed by atoms with Crippen molar-refractivity contribution in [3.8, 4) is 0 Å². The fraction of sp³-hybridized carbons (Fsp3) is 0.500. The second-order valence-electron chi connectivity index (χ2n) is 6.77. The molecular weight excluding hydrogens is 637 g/mol. The van der Waals surface area contributed by atoms with Gasteiger partial charge in [0.2, 0.25) is 0 Å². The van der Waals surface area contributed by atoms with Gasteiger partial charge in [-0.1, -0.05) is 0 Å². The number of hydrogen-bond acceptors (Lipinski definition) is 16. The molecule has 0 aliphatic heterocycles. The minimum atomic E-state index is -2.97. The third-order valence-corrected chi connectivity index (χ3v) is 3.21. The first-order valence-electron chi connectivity index (χ1n) is 9.60. The fourth-order valence-electron chi connectivity index (χ4n) is 1.44. The van der Waals surface area contributed by atoms with Crippen LogP contribution in [-0.4, -0.2) is 129 Å². The molecule has 0 bridgehead atoms. The molecule has 0 saturated carbocycles. The Bertz CT molecular complexity index is 844. The van der Waals surface area contributed by atoms with Crippen molar-refractivity contribution in [2.45, 2.75) is 56.0 Å². The minimum Gasteiger partial charge on any atom is -0.550 e. The zero-order chi connectivity index (χ0) is 33.0. The fourth-order valence-corrected chi connectivity index (χ4v) is 1.44. The minimum absolute atomic E-state index is 0. The van der Waals surface area contributed by atoms with Gasteiger partial charge in [-0.2, -0.15) is 0 Å². The van der Waals surface area contributed by atoms with Crippen molar-refractivity contribution in [2.24, 2.45) is 0 Å². The summed E-state index contributed by atoms with van der Waals surface area (Å²) >= 11 is 0. The Hall–Kier alpha value is -1.93. The molecule has 230 valence electrons. The van der Waals surface area contributed by atoms with Crippen molar-refractivity contribution in [1.29, 1.82) is 0 Å². The van der Waals surface area contributed by atoms with Crippen LogP contribution in [0.1, 0.15) is 32.1 Å². The SMILES string of the molecule is O=C(O)CC(O)C(=O)O.O=C(O)CC(O)C(=O)O.O=C(O)CC(O)C(=O)O.O=C([O-])CC(O)(CC(=O)[O-])C(=O)[O-].[Na+].[Na+].[Na+]. The van der Waals surface area contributed by atoms with Gasteiger partial charge in [0.05, 0.1) is 25.2 Å². The van der Waals surface area contributed by atoms with Crippen LogP contribution in [0, 0.1) is 0 Å². The number of rotatable bonds is 14. The van der Waals surface area contributed by atoms with E-state index in [0.29, 0.717) is 0 Å². The number of hydrogen-bond donors (Lipinski definition) is 10. The zero-order valence-electron chi connectivity index (χ0n) is 22.6. The van der Waals surface area contributed by atoms with Crippen LogP contribution in [0.5, 0.6) is 0 Å². The number of carboxylic acid groups (broad SMARTS) is 9. The Morgan fingerprint density at radius 3 is 0.744 bits per heavy atom. The predicted molar refractivity (Wildman–Crippen MR) is 107 cm³/mol. The summed E-state index contributed by atoms with van der Waals surface area (Å²) in [7, 11) is 0. The molecular formula is C18H23Na3O22. The van der Waals surface area contributed by atoms with E-state index in [0.717, 1.165) is 0 Å². The third-order valence-electron chi connectivity index (χ3n) is 3.21. The molecule has 0 rings (SSSR count). The second-order valence-corrected chi connectivity index (χ2v) is 6.77. The van der Waals surface area contributed by atoms with Crippen molar-refractivity contribution in [2.75, 3.05) is 0 Å². The maximum Gasteiger partial charge on any atom is 1.00 e. The molecule has 22 nitrogen and oxygen atoms in total. The number of carbonyl (C=O) groups excluding carboxylic acids is 3. The van der Waals surface area contributed by atoms with Crippen molar-refractivity contribution in [3.05, 3.63) is 0 Å². The molecule has 0 aromatic rings. The van der Waals surface area contributed by atoms with Crippen LogP contribution >= 0.6 is 0 Å². The average molecular weight is 660 g/mol. The Morgan fingerprint density at radius 1 is 0.488 bits per heavy atom. The van der Waals surface area contributed by atoms with Crippen molar-refractivity contribution < 1.29 is 198 Å². The molecule has 3 unspecified atom stereocenters. The van der Waals surface area contributed by atoms with Gasteiger partial charge in [-0.15, -0.1) is 0 Å². The van der Waals surface area contributed by atoms with Gasteiger partial charge in [0.1, 0.15) is 5.60 Å². The molecule has 0 amide bonds. The third kappa shape index (κ3) is 40.1. The average Bonchev–Trinajstić information content (AvgIpc) is 2.72. The van der Waals surface area contributed by atoms with E-state index < -0.39 is 110 Å². The summed E-state index contributed by atoms with van der Waals surface area (Å²) in [6, 6.07) is 0. The van der Waals surface area contributed by atoms with Crippen molar-refractivity contribution in [1.82, 2.24) is 0 Å². The van der Waals surface area contributed by atoms with Crippen LogP contribution in [0.15, 0.2) is 0 Å². The maximum absolute atomic E-state index is 10.1. The summed E-state index contributed by atoms with van der Waals surface area (Å²) < 4.78 is 0. The van der Waals surface area contributed by atoms with Gasteiger partial charge >= 0.3 is 124 Å². The molecule has 0 heterocycles. The first kappa shape index (κ1) is 56.8. The molecule has 25 heteroatoms. The number of aliphatic carboxylic acids is 9. The Labute approximate surface area is 305 Å². The summed E-state index contributed by atoms with van der Waals surface area (Å²) in [5.41, 5.74) is -2.97. The van der Waals surface area contributed by atoms with E-state index in [4.69, 9.17) is 51.1 Å². The van der Waals surface area contributed by atoms with Crippen molar-refractivity contribution in [3.63, 3.8) is 0 Å². The van der Waals surface area contributed by atoms with Crippen LogP contribution in [0.4, 0.5) is 0 Å². The molecule has 0 spiro atoms. The number of aliphatic hydroxyl groups is 4. The topological polar surface area (TPSA) is 425 Å². The molecule has 0 aromatic carbocycles. The van der Waals surface area contributed by atoms with E-state index in [1.165, 1.54) is 0 Å². The van der Waals surface area contributed by atoms with Crippen molar-refractivity contribution >= 4 is 53.7 Å².